The van der Waals surface area contributed by atoms with Crippen LogP contribution in [0.15, 0.2) is 54.6 Å². The Morgan fingerprint density at radius 3 is 2.33 bits per heavy atom. The van der Waals surface area contributed by atoms with Gasteiger partial charge in [0.2, 0.25) is 11.8 Å². The molecule has 2 N–H and O–H groups in total. The predicted octanol–water partition coefficient (Wildman–Crippen LogP) is 2.85. The van der Waals surface area contributed by atoms with E-state index in [4.69, 9.17) is 0 Å². The summed E-state index contributed by atoms with van der Waals surface area (Å²) in [5, 5.41) is 12.2. The Balaban J connectivity index is 1.37. The molecular weight excluding hydrogens is 340 g/mol. The molecule has 1 saturated heterocycles. The lowest BCUT2D eigenvalue weighted by Crippen LogP contribution is -2.39. The van der Waals surface area contributed by atoms with Gasteiger partial charge in [-0.15, -0.1) is 0 Å². The van der Waals surface area contributed by atoms with Crippen molar-refractivity contribution in [3.63, 3.8) is 0 Å². The van der Waals surface area contributed by atoms with Crippen molar-refractivity contribution in [1.82, 2.24) is 10.2 Å². The van der Waals surface area contributed by atoms with Gasteiger partial charge in [0, 0.05) is 26.1 Å². The Hall–Kier alpha value is -2.82. The standard InChI is InChI=1S/C22H26N2O3/c25-20-8-6-18(7-9-20)19-11-14-24(15-12-19)22(27)10-13-23-21(26)16-17-4-2-1-3-5-17/h1-9,19,25H,10-16H2,(H,23,26). The summed E-state index contributed by atoms with van der Waals surface area (Å²) in [6, 6.07) is 16.9. The van der Waals surface area contributed by atoms with Crippen LogP contribution in [0.25, 0.3) is 0 Å². The van der Waals surface area contributed by atoms with E-state index >= 15 is 0 Å². The largest absolute Gasteiger partial charge is 0.508 e. The van der Waals surface area contributed by atoms with Crippen LogP contribution in [0.2, 0.25) is 0 Å². The fraction of sp³-hybridized carbons (Fsp3) is 0.364. The van der Waals surface area contributed by atoms with Gasteiger partial charge in [-0.05, 0) is 42.0 Å². The molecule has 27 heavy (non-hydrogen) atoms. The van der Waals surface area contributed by atoms with E-state index < -0.39 is 0 Å². The van der Waals surface area contributed by atoms with Gasteiger partial charge in [0.25, 0.3) is 0 Å². The number of carbonyl (C=O) groups is 2. The van der Waals surface area contributed by atoms with Gasteiger partial charge in [-0.25, -0.2) is 0 Å². The summed E-state index contributed by atoms with van der Waals surface area (Å²) in [6.45, 7) is 1.85. The van der Waals surface area contributed by atoms with Gasteiger partial charge in [0.05, 0.1) is 6.42 Å². The van der Waals surface area contributed by atoms with Gasteiger partial charge in [-0.3, -0.25) is 9.59 Å². The highest BCUT2D eigenvalue weighted by Crippen LogP contribution is 2.29. The number of aromatic hydroxyl groups is 1. The third-order valence-electron chi connectivity index (χ3n) is 5.08. The first-order valence-electron chi connectivity index (χ1n) is 9.49. The molecule has 2 aromatic rings. The number of benzene rings is 2. The molecule has 2 amide bonds. The molecule has 2 aromatic carbocycles. The molecule has 3 rings (SSSR count). The van der Waals surface area contributed by atoms with Gasteiger partial charge in [0.1, 0.15) is 5.75 Å². The van der Waals surface area contributed by atoms with Crippen LogP contribution in [0.1, 0.15) is 36.3 Å². The molecule has 0 spiro atoms. The Bertz CT molecular complexity index is 751. The fourth-order valence-corrected chi connectivity index (χ4v) is 3.52. The van der Waals surface area contributed by atoms with Crippen LogP contribution in [0.3, 0.4) is 0 Å². The summed E-state index contributed by atoms with van der Waals surface area (Å²) in [7, 11) is 0. The lowest BCUT2D eigenvalue weighted by molar-refractivity contribution is -0.132. The van der Waals surface area contributed by atoms with E-state index in [0.29, 0.717) is 25.3 Å². The number of phenolic OH excluding ortho intramolecular Hbond substituents is 1. The molecule has 0 radical (unpaired) electrons. The fourth-order valence-electron chi connectivity index (χ4n) is 3.52. The zero-order valence-electron chi connectivity index (χ0n) is 15.4. The van der Waals surface area contributed by atoms with E-state index in [1.807, 2.05) is 47.4 Å². The highest BCUT2D eigenvalue weighted by molar-refractivity contribution is 5.80. The molecule has 0 unspecified atom stereocenters. The van der Waals surface area contributed by atoms with Gasteiger partial charge >= 0.3 is 0 Å². The van der Waals surface area contributed by atoms with Crippen LogP contribution in [0, 0.1) is 0 Å². The van der Waals surface area contributed by atoms with Crippen LogP contribution in [-0.2, 0) is 16.0 Å². The maximum atomic E-state index is 12.4. The quantitative estimate of drug-likeness (QED) is 0.826. The smallest absolute Gasteiger partial charge is 0.224 e. The van der Waals surface area contributed by atoms with Crippen LogP contribution in [-0.4, -0.2) is 41.5 Å². The zero-order chi connectivity index (χ0) is 19.1. The van der Waals surface area contributed by atoms with Crippen molar-refractivity contribution in [1.29, 1.82) is 0 Å². The van der Waals surface area contributed by atoms with Gasteiger partial charge in [-0.1, -0.05) is 42.5 Å². The van der Waals surface area contributed by atoms with E-state index in [2.05, 4.69) is 5.32 Å². The third-order valence-corrected chi connectivity index (χ3v) is 5.08. The third kappa shape index (κ3) is 5.58. The minimum atomic E-state index is -0.0555. The monoisotopic (exact) mass is 366 g/mol. The predicted molar refractivity (Wildman–Crippen MR) is 104 cm³/mol. The first-order valence-corrected chi connectivity index (χ1v) is 9.49. The summed E-state index contributed by atoms with van der Waals surface area (Å²) >= 11 is 0. The maximum Gasteiger partial charge on any atom is 0.224 e. The van der Waals surface area contributed by atoms with Crippen molar-refractivity contribution in [2.45, 2.75) is 31.6 Å². The van der Waals surface area contributed by atoms with Crippen LogP contribution < -0.4 is 5.32 Å². The topological polar surface area (TPSA) is 69.6 Å². The summed E-state index contributed by atoms with van der Waals surface area (Å²) in [6.07, 6.45) is 2.53. The zero-order valence-corrected chi connectivity index (χ0v) is 15.4. The average Bonchev–Trinajstić information content (AvgIpc) is 2.69. The Kier molecular flexibility index (Phi) is 6.47. The van der Waals surface area contributed by atoms with Gasteiger partial charge < -0.3 is 15.3 Å². The molecular formula is C22H26N2O3. The molecule has 1 aliphatic heterocycles. The van der Waals surface area contributed by atoms with Crippen molar-refractivity contribution in [3.05, 3.63) is 65.7 Å². The van der Waals surface area contributed by atoms with Crippen molar-refractivity contribution in [2.24, 2.45) is 0 Å². The number of nitrogens with one attached hydrogen (secondary N) is 1. The first-order chi connectivity index (χ1) is 13.1. The second kappa shape index (κ2) is 9.21. The van der Waals surface area contributed by atoms with Crippen LogP contribution in [0.5, 0.6) is 5.75 Å². The van der Waals surface area contributed by atoms with Crippen molar-refractivity contribution >= 4 is 11.8 Å². The summed E-state index contributed by atoms with van der Waals surface area (Å²) < 4.78 is 0. The number of likely N-dealkylation sites (tertiary alicyclic amines) is 1. The summed E-state index contributed by atoms with van der Waals surface area (Å²) in [5.41, 5.74) is 2.19. The molecule has 0 atom stereocenters. The highest BCUT2D eigenvalue weighted by Gasteiger charge is 2.23. The van der Waals surface area contributed by atoms with Gasteiger partial charge in [-0.2, -0.15) is 0 Å². The van der Waals surface area contributed by atoms with E-state index in [-0.39, 0.29) is 17.6 Å². The van der Waals surface area contributed by atoms with E-state index in [1.54, 1.807) is 12.1 Å². The Labute approximate surface area is 160 Å². The molecule has 5 heteroatoms. The molecule has 0 saturated carbocycles. The molecule has 5 nitrogen and oxygen atoms in total. The Morgan fingerprint density at radius 2 is 1.67 bits per heavy atom. The van der Waals surface area contributed by atoms with E-state index in [0.717, 1.165) is 31.5 Å². The normalized spacial score (nSPS) is 14.7. The molecule has 0 aromatic heterocycles. The lowest BCUT2D eigenvalue weighted by Gasteiger charge is -2.32. The van der Waals surface area contributed by atoms with Crippen LogP contribution >= 0.6 is 0 Å². The number of hydrogen-bond donors (Lipinski definition) is 2. The number of hydrogen-bond acceptors (Lipinski definition) is 3. The van der Waals surface area contributed by atoms with Crippen molar-refractivity contribution in [3.8, 4) is 5.75 Å². The number of rotatable bonds is 6. The van der Waals surface area contributed by atoms with E-state index in [1.165, 1.54) is 5.56 Å². The number of amides is 2. The minimum absolute atomic E-state index is 0.0555. The average molecular weight is 366 g/mol. The highest BCUT2D eigenvalue weighted by atomic mass is 16.3. The first kappa shape index (κ1) is 19.0. The van der Waals surface area contributed by atoms with Crippen molar-refractivity contribution in [2.75, 3.05) is 19.6 Å². The number of phenols is 1. The molecule has 1 fully saturated rings. The number of piperidine rings is 1. The molecule has 142 valence electrons. The number of carbonyl (C=O) groups excluding carboxylic acids is 2. The maximum absolute atomic E-state index is 12.4. The van der Waals surface area contributed by atoms with Crippen LogP contribution in [0.4, 0.5) is 0 Å². The number of nitrogens with zero attached hydrogens (tertiary/aromatic N) is 1. The molecule has 0 bridgehead atoms. The molecule has 1 heterocycles. The second-order valence-electron chi connectivity index (χ2n) is 7.01. The van der Waals surface area contributed by atoms with E-state index in [9.17, 15) is 14.7 Å². The SMILES string of the molecule is O=C(Cc1ccccc1)NCCC(=O)N1CCC(c2ccc(O)cc2)CC1. The lowest BCUT2D eigenvalue weighted by atomic mass is 9.89. The molecule has 1 aliphatic rings. The summed E-state index contributed by atoms with van der Waals surface area (Å²) in [5.74, 6) is 0.750. The van der Waals surface area contributed by atoms with Gasteiger partial charge in [0.15, 0.2) is 0 Å². The second-order valence-corrected chi connectivity index (χ2v) is 7.01. The molecule has 0 aliphatic carbocycles. The van der Waals surface area contributed by atoms with Crippen molar-refractivity contribution < 1.29 is 14.7 Å². The Morgan fingerprint density at radius 1 is 1.00 bits per heavy atom. The minimum Gasteiger partial charge on any atom is -0.508 e. The summed E-state index contributed by atoms with van der Waals surface area (Å²) in [4.78, 5) is 26.2.